The fourth-order valence-electron chi connectivity index (χ4n) is 3.60. The summed E-state index contributed by atoms with van der Waals surface area (Å²) in [6.45, 7) is 3.46. The average Bonchev–Trinajstić information content (AvgIpc) is 3.42. The second kappa shape index (κ2) is 6.42. The molecule has 0 amide bonds. The van der Waals surface area contributed by atoms with Gasteiger partial charge in [-0.05, 0) is 0 Å². The number of rotatable bonds is 2. The van der Waals surface area contributed by atoms with Crippen molar-refractivity contribution in [2.75, 3.05) is 39.6 Å². The molecule has 27 heavy (non-hydrogen) atoms. The summed E-state index contributed by atoms with van der Waals surface area (Å²) in [4.78, 5) is 2.25. The van der Waals surface area contributed by atoms with Crippen LogP contribution in [0.3, 0.4) is 0 Å². The highest BCUT2D eigenvalue weighted by Crippen LogP contribution is 2.63. The Morgan fingerprint density at radius 2 is 1.04 bits per heavy atom. The Labute approximate surface area is 168 Å². The van der Waals surface area contributed by atoms with E-state index in [0.29, 0.717) is 39.6 Å². The fourth-order valence-corrected chi connectivity index (χ4v) is 7.43. The Kier molecular flexibility index (Phi) is 3.87. The second-order valence-corrected chi connectivity index (χ2v) is 9.34. The van der Waals surface area contributed by atoms with Gasteiger partial charge in [-0.25, -0.2) is 0 Å². The maximum Gasteiger partial charge on any atom is 0.176 e. The normalized spacial score (nSPS) is 25.6. The van der Waals surface area contributed by atoms with Crippen LogP contribution in [0.15, 0.2) is 22.3 Å². The monoisotopic (exact) mass is 424 g/mol. The lowest BCUT2D eigenvalue weighted by atomic mass is 10.2. The van der Waals surface area contributed by atoms with Crippen molar-refractivity contribution < 1.29 is 28.4 Å². The topological polar surface area (TPSA) is 55.4 Å². The highest BCUT2D eigenvalue weighted by atomic mass is 32.2. The van der Waals surface area contributed by atoms with Crippen molar-refractivity contribution in [2.45, 2.75) is 10.5 Å². The number of thiophene rings is 2. The highest BCUT2D eigenvalue weighted by molar-refractivity contribution is 8.00. The Morgan fingerprint density at radius 1 is 0.593 bits per heavy atom. The van der Waals surface area contributed by atoms with Crippen molar-refractivity contribution in [1.29, 1.82) is 0 Å². The van der Waals surface area contributed by atoms with E-state index in [1.54, 1.807) is 34.4 Å². The van der Waals surface area contributed by atoms with Crippen LogP contribution in [-0.4, -0.2) is 39.6 Å². The number of thioether (sulfide) groups is 1. The van der Waals surface area contributed by atoms with E-state index in [1.807, 2.05) is 10.8 Å². The lowest BCUT2D eigenvalue weighted by molar-refractivity contribution is 0.0590. The number of hydrogen-bond donors (Lipinski definition) is 0. The van der Waals surface area contributed by atoms with Crippen LogP contribution in [0.1, 0.15) is 20.3 Å². The van der Waals surface area contributed by atoms with Gasteiger partial charge in [0.15, 0.2) is 34.5 Å². The van der Waals surface area contributed by atoms with Crippen LogP contribution in [0.25, 0.3) is 0 Å². The van der Waals surface area contributed by atoms with Crippen LogP contribution < -0.4 is 18.9 Å². The van der Waals surface area contributed by atoms with Crippen molar-refractivity contribution >= 4 is 34.4 Å². The Morgan fingerprint density at radius 3 is 1.56 bits per heavy atom. The molecule has 9 heteroatoms. The molecule has 4 aliphatic heterocycles. The molecule has 0 radical (unpaired) electrons. The maximum atomic E-state index is 6.08. The molecule has 0 spiro atoms. The van der Waals surface area contributed by atoms with Gasteiger partial charge in [-0.3, -0.25) is 0 Å². The van der Waals surface area contributed by atoms with Crippen LogP contribution in [0.4, 0.5) is 0 Å². The van der Waals surface area contributed by atoms with E-state index >= 15 is 0 Å². The van der Waals surface area contributed by atoms with Gasteiger partial charge in [-0.1, -0.05) is 0 Å². The largest absolute Gasteiger partial charge is 0.489 e. The molecule has 6 rings (SSSR count). The van der Waals surface area contributed by atoms with Gasteiger partial charge < -0.3 is 28.4 Å². The van der Waals surface area contributed by atoms with Crippen LogP contribution in [0, 0.1) is 0 Å². The molecule has 2 aromatic heterocycles. The van der Waals surface area contributed by atoms with Crippen LogP contribution in [-0.2, 0) is 9.47 Å². The zero-order chi connectivity index (χ0) is 17.8. The average molecular weight is 425 g/mol. The molecule has 4 aliphatic rings. The molecule has 0 aromatic carbocycles. The Balaban J connectivity index is 1.41. The molecule has 0 N–H and O–H groups in total. The van der Waals surface area contributed by atoms with E-state index in [9.17, 15) is 0 Å². The van der Waals surface area contributed by atoms with Gasteiger partial charge in [0.2, 0.25) is 0 Å². The summed E-state index contributed by atoms with van der Waals surface area (Å²) < 4.78 is 35.4. The summed E-state index contributed by atoms with van der Waals surface area (Å²) in [5.41, 5.74) is 0. The zero-order valence-corrected chi connectivity index (χ0v) is 16.7. The van der Waals surface area contributed by atoms with Gasteiger partial charge in [0, 0.05) is 10.8 Å². The van der Waals surface area contributed by atoms with Crippen LogP contribution in [0.2, 0.25) is 0 Å². The number of hydrogen-bond acceptors (Lipinski definition) is 9. The summed E-state index contributed by atoms with van der Waals surface area (Å²) in [7, 11) is 0. The summed E-state index contributed by atoms with van der Waals surface area (Å²) in [6.07, 6.45) is 0. The third-order valence-corrected chi connectivity index (χ3v) is 8.48. The molecule has 2 aromatic rings. The summed E-state index contributed by atoms with van der Waals surface area (Å²) >= 11 is 5.11. The quantitative estimate of drug-likeness (QED) is 0.718. The molecule has 142 valence electrons. The van der Waals surface area contributed by atoms with E-state index < -0.39 is 0 Å². The molecule has 6 nitrogen and oxygen atoms in total. The van der Waals surface area contributed by atoms with E-state index in [-0.39, 0.29) is 10.5 Å². The Hall–Kier alpha value is -1.71. The van der Waals surface area contributed by atoms with E-state index in [4.69, 9.17) is 28.4 Å². The van der Waals surface area contributed by atoms with Gasteiger partial charge >= 0.3 is 0 Å². The lowest BCUT2D eigenvalue weighted by Gasteiger charge is -2.22. The highest BCUT2D eigenvalue weighted by Gasteiger charge is 2.45. The lowest BCUT2D eigenvalue weighted by Crippen LogP contribution is -2.17. The minimum absolute atomic E-state index is 0.0306. The minimum atomic E-state index is 0.0306. The van der Waals surface area contributed by atoms with Gasteiger partial charge in [0.1, 0.15) is 50.1 Å². The predicted octanol–water partition coefficient (Wildman–Crippen LogP) is 4.14. The van der Waals surface area contributed by atoms with Crippen molar-refractivity contribution in [3.63, 3.8) is 0 Å². The minimum Gasteiger partial charge on any atom is -0.489 e. The second-order valence-electron chi connectivity index (χ2n) is 6.30. The standard InChI is InChI=1S/C18H16O6S3/c1-3-21-11-9(19-1)7-25-15(11)17-13-14(24-6-5-23-13)18(27-17)16-12-10(8-26-16)20-2-4-22-12/h7-8,17-18H,1-6H2. The van der Waals surface area contributed by atoms with Crippen molar-refractivity contribution in [3.8, 4) is 23.0 Å². The first kappa shape index (κ1) is 16.3. The zero-order valence-electron chi connectivity index (χ0n) is 14.2. The van der Waals surface area contributed by atoms with Crippen LogP contribution in [0.5, 0.6) is 23.0 Å². The summed E-state index contributed by atoms with van der Waals surface area (Å²) in [5.74, 6) is 5.14. The molecule has 6 heterocycles. The molecule has 0 saturated heterocycles. The molecule has 2 unspecified atom stereocenters. The van der Waals surface area contributed by atoms with Gasteiger partial charge in [-0.15, -0.1) is 34.4 Å². The van der Waals surface area contributed by atoms with Crippen molar-refractivity contribution in [3.05, 3.63) is 32.0 Å². The van der Waals surface area contributed by atoms with Crippen molar-refractivity contribution in [2.24, 2.45) is 0 Å². The molecule has 0 fully saturated rings. The molecule has 2 atom stereocenters. The van der Waals surface area contributed by atoms with Crippen LogP contribution >= 0.6 is 34.4 Å². The summed E-state index contributed by atoms with van der Waals surface area (Å²) in [6, 6.07) is 0. The first-order chi connectivity index (χ1) is 13.4. The Bertz CT molecular complexity index is 844. The van der Waals surface area contributed by atoms with E-state index in [0.717, 1.165) is 44.3 Å². The predicted molar refractivity (Wildman–Crippen MR) is 103 cm³/mol. The molecule has 0 saturated carbocycles. The van der Waals surface area contributed by atoms with Gasteiger partial charge in [0.25, 0.3) is 0 Å². The molecule has 0 bridgehead atoms. The van der Waals surface area contributed by atoms with Crippen molar-refractivity contribution in [1.82, 2.24) is 0 Å². The molecular weight excluding hydrogens is 408 g/mol. The SMILES string of the molecule is c1sc(C2SC(c3scc4c3OCCO4)C3=C2OCCO3)c2c1OCCO2. The number of fused-ring (bicyclic) bond motifs is 2. The maximum absolute atomic E-state index is 6.08. The van der Waals surface area contributed by atoms with E-state index in [2.05, 4.69) is 0 Å². The molecule has 0 aliphatic carbocycles. The van der Waals surface area contributed by atoms with E-state index in [1.165, 1.54) is 0 Å². The number of ether oxygens (including phenoxy) is 6. The smallest absolute Gasteiger partial charge is 0.176 e. The van der Waals surface area contributed by atoms with Gasteiger partial charge in [0.05, 0.1) is 9.75 Å². The first-order valence-corrected chi connectivity index (χ1v) is 11.5. The third kappa shape index (κ3) is 2.51. The van der Waals surface area contributed by atoms with Gasteiger partial charge in [-0.2, -0.15) is 0 Å². The first-order valence-electron chi connectivity index (χ1n) is 8.79. The third-order valence-electron chi connectivity index (χ3n) is 4.72. The molecular formula is C18H16O6S3. The summed E-state index contributed by atoms with van der Waals surface area (Å²) in [5, 5.41) is 4.10. The fraction of sp³-hybridized carbons (Fsp3) is 0.444.